The highest BCUT2D eigenvalue weighted by atomic mass is 32.2. The van der Waals surface area contributed by atoms with Gasteiger partial charge in [-0.05, 0) is 26.2 Å². The fraction of sp³-hybridized carbons (Fsp3) is 0.645. The highest BCUT2D eigenvalue weighted by Crippen LogP contribution is 2.61. The first-order valence-electron chi connectivity index (χ1n) is 17.9. The summed E-state index contributed by atoms with van der Waals surface area (Å²) in [5, 5.41) is 26.3. The third-order valence-electron chi connectivity index (χ3n) is 8.72. The summed E-state index contributed by atoms with van der Waals surface area (Å²) in [6.45, 7) is 7.51. The third kappa shape index (κ3) is 16.0. The van der Waals surface area contributed by atoms with E-state index in [1.807, 2.05) is 0 Å². The molecule has 1 saturated heterocycles. The predicted octanol–water partition coefficient (Wildman–Crippen LogP) is 0.616. The van der Waals surface area contributed by atoms with Gasteiger partial charge in [-0.15, -0.1) is 0 Å². The van der Waals surface area contributed by atoms with E-state index < -0.39 is 84.6 Å². The summed E-state index contributed by atoms with van der Waals surface area (Å²) in [6, 6.07) is 0. The molecule has 2 unspecified atom stereocenters. The second-order valence-corrected chi connectivity index (χ2v) is 19.7. The van der Waals surface area contributed by atoms with Crippen molar-refractivity contribution in [1.29, 1.82) is 0 Å². The number of aliphatic hydroxyl groups excluding tert-OH is 2. The molecule has 2 aromatic heterocycles. The molecule has 60 heavy (non-hydrogen) atoms. The minimum absolute atomic E-state index is 0.0210. The summed E-state index contributed by atoms with van der Waals surface area (Å²) in [5.41, 5.74) is 5.03. The van der Waals surface area contributed by atoms with Gasteiger partial charge in [0, 0.05) is 43.5 Å². The number of hydrogen-bond donors (Lipinski definition) is 9. The van der Waals surface area contributed by atoms with Crippen LogP contribution >= 0.6 is 35.2 Å². The van der Waals surface area contributed by atoms with Crippen LogP contribution in [0, 0.1) is 11.3 Å². The molecule has 10 N–H and O–H groups in total. The van der Waals surface area contributed by atoms with Gasteiger partial charge in [0.05, 0.1) is 19.5 Å². The number of nitrogens with one attached hydrogen (secondary N) is 2. The minimum Gasteiger partial charge on any atom is -0.386 e. The van der Waals surface area contributed by atoms with Crippen LogP contribution < -0.4 is 16.4 Å². The molecule has 1 aliphatic rings. The number of amides is 2. The second kappa shape index (κ2) is 21.9. The molecule has 0 aromatic carbocycles. The first kappa shape index (κ1) is 51.3. The number of nitrogen functional groups attached to an aromatic ring is 1. The van der Waals surface area contributed by atoms with Crippen LogP contribution in [0.4, 0.5) is 5.82 Å². The number of Topliss-reactive ketones (excluding diaryl/α,β-unsaturated/α-hetero) is 1. The molecule has 0 bridgehead atoms. The van der Waals surface area contributed by atoms with Crippen molar-refractivity contribution in [3.05, 3.63) is 24.8 Å². The Hall–Kier alpha value is -3.03. The van der Waals surface area contributed by atoms with Crippen LogP contribution in [0.5, 0.6) is 0 Å². The van der Waals surface area contributed by atoms with E-state index in [4.69, 9.17) is 19.5 Å². The number of ketones is 1. The summed E-state index contributed by atoms with van der Waals surface area (Å²) in [5.74, 6) is -1.34. The number of allylic oxidation sites excluding steroid dienone is 1. The number of fused-ring (bicyclic) bond motifs is 1. The lowest BCUT2D eigenvalue weighted by Crippen LogP contribution is -2.46. The molecule has 3 rings (SSSR count). The Morgan fingerprint density at radius 2 is 1.70 bits per heavy atom. The number of aromatic nitrogens is 4. The lowest BCUT2D eigenvalue weighted by Gasteiger charge is -2.30. The molecule has 2 aromatic rings. The zero-order chi connectivity index (χ0) is 45.2. The fourth-order valence-electron chi connectivity index (χ4n) is 5.46. The number of nitrogens with zero attached hydrogens (tertiary/aromatic N) is 4. The Morgan fingerprint density at radius 3 is 2.33 bits per heavy atom. The highest BCUT2D eigenvalue weighted by Gasteiger charge is 2.50. The first-order chi connectivity index (χ1) is 27.7. The Labute approximate surface area is 347 Å². The van der Waals surface area contributed by atoms with Gasteiger partial charge in [-0.1, -0.05) is 37.8 Å². The first-order valence-corrected chi connectivity index (χ1v) is 23.4. The summed E-state index contributed by atoms with van der Waals surface area (Å²) in [6.07, 6.45) is -5.94. The molecule has 0 saturated carbocycles. The van der Waals surface area contributed by atoms with Gasteiger partial charge in [-0.3, -0.25) is 32.5 Å². The van der Waals surface area contributed by atoms with Crippen molar-refractivity contribution in [2.24, 2.45) is 11.3 Å². The van der Waals surface area contributed by atoms with E-state index in [0.29, 0.717) is 12.8 Å². The zero-order valence-electron chi connectivity index (χ0n) is 32.9. The van der Waals surface area contributed by atoms with Gasteiger partial charge in [-0.25, -0.2) is 28.6 Å². The Kier molecular flexibility index (Phi) is 18.7. The van der Waals surface area contributed by atoms with E-state index in [1.54, 1.807) is 6.92 Å². The highest BCUT2D eigenvalue weighted by molar-refractivity contribution is 8.13. The maximum Gasteiger partial charge on any atom is 0.481 e. The number of hydrogen-bond acceptors (Lipinski definition) is 19. The van der Waals surface area contributed by atoms with Gasteiger partial charge < -0.3 is 55.7 Å². The van der Waals surface area contributed by atoms with Crippen LogP contribution in [-0.2, 0) is 55.5 Å². The summed E-state index contributed by atoms with van der Waals surface area (Å²) >= 11 is 1.02. The van der Waals surface area contributed by atoms with Crippen LogP contribution in [0.1, 0.15) is 59.6 Å². The standard InChI is InChI=1S/C31H50N7O18P3S/c1-17(2)19(7-6-18(3)39)12-22(41)60-11-10-33-21(40)8-9-34-29(44)26(43)31(4,5)14-53-59(50,51)56-58(48,49)52-13-20-25(55-57(45,46)47)24(42)30(54-20)38-16-37-23-27(32)35-15-36-28(23)38/h15-16,19-20,24-26,30,42-43H,1,6-14H2,2-5H3,(H,33,40)(H,34,44)(H,48,49)(H,50,51)(H2,32,35,36)(H2,45,46,47)/t19-,20-,24-,25-,26+,30-/m1/s1. The molecule has 2 amide bonds. The SMILES string of the molecule is C=C(C)[C@H](CCC(C)=O)CC(=O)SCCNC(=O)CCNC(=O)[C@H](O)C(C)(C)COP(=O)(O)OP(=O)(O)OC[C@H]1O[C@@H](n2cnc3c(N)ncnc32)[C@H](O)[C@@H]1OP(=O)(O)O. The molecule has 8 atom stereocenters. The van der Waals surface area contributed by atoms with E-state index in [-0.39, 0.29) is 65.5 Å². The van der Waals surface area contributed by atoms with Crippen molar-refractivity contribution >= 4 is 74.9 Å². The maximum atomic E-state index is 12.7. The average molecular weight is 934 g/mol. The maximum absolute atomic E-state index is 12.7. The van der Waals surface area contributed by atoms with Gasteiger partial charge in [0.1, 0.15) is 42.0 Å². The smallest absolute Gasteiger partial charge is 0.386 e. The fourth-order valence-corrected chi connectivity index (χ4v) is 9.04. The van der Waals surface area contributed by atoms with Crippen molar-refractivity contribution < 1.29 is 85.3 Å². The molecular formula is C31H50N7O18P3S. The summed E-state index contributed by atoms with van der Waals surface area (Å²) in [7, 11) is -16.4. The number of carbonyl (C=O) groups excluding carboxylic acids is 4. The third-order valence-corrected chi connectivity index (χ3v) is 12.7. The topological polar surface area (TPSA) is 381 Å². The zero-order valence-corrected chi connectivity index (χ0v) is 36.4. The molecule has 29 heteroatoms. The lowest BCUT2D eigenvalue weighted by molar-refractivity contribution is -0.137. The summed E-state index contributed by atoms with van der Waals surface area (Å²) < 4.78 is 62.2. The number of phosphoric acid groups is 3. The molecular weight excluding hydrogens is 883 g/mol. The average Bonchev–Trinajstić information content (AvgIpc) is 3.69. The van der Waals surface area contributed by atoms with E-state index in [2.05, 4.69) is 41.0 Å². The van der Waals surface area contributed by atoms with Crippen LogP contribution in [-0.4, -0.2) is 128 Å². The van der Waals surface area contributed by atoms with Crippen LogP contribution in [0.3, 0.4) is 0 Å². The number of thioether (sulfide) groups is 1. The molecule has 0 aliphatic carbocycles. The van der Waals surface area contributed by atoms with Crippen molar-refractivity contribution in [2.45, 2.75) is 84.0 Å². The number of rotatable bonds is 25. The van der Waals surface area contributed by atoms with Crippen molar-refractivity contribution in [3.8, 4) is 0 Å². The minimum atomic E-state index is -5.59. The van der Waals surface area contributed by atoms with E-state index in [1.165, 1.54) is 20.8 Å². The Morgan fingerprint density at radius 1 is 1.03 bits per heavy atom. The van der Waals surface area contributed by atoms with E-state index in [9.17, 15) is 62.7 Å². The molecule has 338 valence electrons. The number of anilines is 1. The van der Waals surface area contributed by atoms with Crippen molar-refractivity contribution in [1.82, 2.24) is 30.2 Å². The quantitative estimate of drug-likeness (QED) is 0.0374. The number of aliphatic hydroxyl groups is 2. The second-order valence-electron chi connectivity index (χ2n) is 14.3. The largest absolute Gasteiger partial charge is 0.481 e. The normalized spacial score (nSPS) is 21.4. The molecule has 1 fully saturated rings. The Bertz CT molecular complexity index is 2020. The molecule has 0 radical (unpaired) electrons. The van der Waals surface area contributed by atoms with Crippen molar-refractivity contribution in [3.63, 3.8) is 0 Å². The van der Waals surface area contributed by atoms with Gasteiger partial charge in [0.2, 0.25) is 11.8 Å². The van der Waals surface area contributed by atoms with Gasteiger partial charge in [-0.2, -0.15) is 4.31 Å². The van der Waals surface area contributed by atoms with Gasteiger partial charge >= 0.3 is 23.5 Å². The predicted molar refractivity (Wildman–Crippen MR) is 210 cm³/mol. The number of phosphoric ester groups is 3. The van der Waals surface area contributed by atoms with E-state index in [0.717, 1.165) is 34.6 Å². The van der Waals surface area contributed by atoms with E-state index >= 15 is 0 Å². The van der Waals surface area contributed by atoms with Crippen LogP contribution in [0.2, 0.25) is 0 Å². The molecule has 1 aliphatic heterocycles. The number of nitrogens with two attached hydrogens (primary N) is 1. The Balaban J connectivity index is 1.45. The lowest BCUT2D eigenvalue weighted by atomic mass is 9.87. The van der Waals surface area contributed by atoms with Gasteiger partial charge in [0.15, 0.2) is 22.8 Å². The number of ether oxygens (including phenoxy) is 1. The van der Waals surface area contributed by atoms with Gasteiger partial charge in [0.25, 0.3) is 0 Å². The number of imidazole rings is 1. The van der Waals surface area contributed by atoms with Crippen LogP contribution in [0.25, 0.3) is 11.2 Å². The van der Waals surface area contributed by atoms with Crippen LogP contribution in [0.15, 0.2) is 24.8 Å². The summed E-state index contributed by atoms with van der Waals surface area (Å²) in [4.78, 5) is 99.5. The molecule has 25 nitrogen and oxygen atoms in total. The molecule has 3 heterocycles. The van der Waals surface area contributed by atoms with Crippen molar-refractivity contribution in [2.75, 3.05) is 37.8 Å². The number of carbonyl (C=O) groups is 4. The monoisotopic (exact) mass is 933 g/mol. The molecule has 0 spiro atoms.